The lowest BCUT2D eigenvalue weighted by Gasteiger charge is -2.40. The predicted octanol–water partition coefficient (Wildman–Crippen LogP) is 21.0. The maximum absolute atomic E-state index is 13.1. The van der Waals surface area contributed by atoms with Gasteiger partial charge in [0, 0.05) is 6.42 Å². The van der Waals surface area contributed by atoms with Crippen LogP contribution in [0.1, 0.15) is 406 Å². The Balaban J connectivity index is 2.05. The molecule has 0 saturated carbocycles. The zero-order valence-electron chi connectivity index (χ0n) is 56.2. The van der Waals surface area contributed by atoms with Crippen molar-refractivity contribution in [3.63, 3.8) is 0 Å². The first-order valence-corrected chi connectivity index (χ1v) is 37.9. The number of hydrogen-bond acceptors (Lipinski definition) is 8. The number of nitrogens with one attached hydrogen (secondary N) is 1. The van der Waals surface area contributed by atoms with Crippen molar-refractivity contribution in [1.82, 2.24) is 5.32 Å². The number of aliphatic hydroxyl groups excluding tert-OH is 5. The average molecular weight is 1190 g/mol. The van der Waals surface area contributed by atoms with E-state index in [0.717, 1.165) is 38.5 Å². The van der Waals surface area contributed by atoms with Crippen molar-refractivity contribution >= 4 is 5.91 Å². The minimum atomic E-state index is -1.56. The minimum absolute atomic E-state index is 0.166. The molecular weight excluding hydrogens is 1040 g/mol. The van der Waals surface area contributed by atoms with Crippen LogP contribution in [0.2, 0.25) is 0 Å². The maximum atomic E-state index is 13.1. The summed E-state index contributed by atoms with van der Waals surface area (Å²) >= 11 is 0. The van der Waals surface area contributed by atoms with Crippen molar-refractivity contribution in [2.24, 2.45) is 0 Å². The molecule has 0 spiro atoms. The highest BCUT2D eigenvalue weighted by Crippen LogP contribution is 2.24. The molecule has 84 heavy (non-hydrogen) atoms. The molecule has 1 aliphatic heterocycles. The number of allylic oxidation sites excluding steroid dienone is 1. The van der Waals surface area contributed by atoms with E-state index in [0.29, 0.717) is 6.42 Å². The third-order valence-electron chi connectivity index (χ3n) is 18.6. The van der Waals surface area contributed by atoms with Crippen LogP contribution in [0.5, 0.6) is 0 Å². The molecule has 500 valence electrons. The lowest BCUT2D eigenvalue weighted by Crippen LogP contribution is -2.60. The van der Waals surface area contributed by atoms with Crippen molar-refractivity contribution in [2.75, 3.05) is 13.2 Å². The largest absolute Gasteiger partial charge is 0.394 e. The molecule has 0 aliphatic carbocycles. The molecule has 9 nitrogen and oxygen atoms in total. The standard InChI is InChI=1S/C75H147NO8/c1-3-5-7-9-11-13-15-17-19-21-23-25-27-29-30-31-32-33-34-35-36-37-38-39-40-41-43-45-47-49-51-53-55-57-59-61-63-65-71(79)76-68(67-83-75-74(82)73(81)72(80)70(66-77)84-75)69(78)64-62-60-58-56-54-52-50-48-46-44-42-28-26-24-22-20-18-16-14-12-10-8-6-4-2/h62,64,68-70,72-75,77-78,80-82H,3-61,63,65-67H2,1-2H3,(H,76,79)/b64-62+. The van der Waals surface area contributed by atoms with Crippen molar-refractivity contribution in [3.8, 4) is 0 Å². The van der Waals surface area contributed by atoms with E-state index < -0.39 is 49.5 Å². The molecule has 1 saturated heterocycles. The van der Waals surface area contributed by atoms with Gasteiger partial charge in [-0.25, -0.2) is 0 Å². The minimum Gasteiger partial charge on any atom is -0.394 e. The molecule has 0 aromatic heterocycles. The first kappa shape index (κ1) is 80.9. The van der Waals surface area contributed by atoms with E-state index in [4.69, 9.17) is 9.47 Å². The van der Waals surface area contributed by atoms with Gasteiger partial charge in [-0.05, 0) is 19.3 Å². The van der Waals surface area contributed by atoms with E-state index in [2.05, 4.69) is 19.2 Å². The molecule has 6 N–H and O–H groups in total. The van der Waals surface area contributed by atoms with E-state index in [1.165, 1.54) is 347 Å². The molecule has 0 aromatic rings. The fourth-order valence-corrected chi connectivity index (χ4v) is 12.7. The smallest absolute Gasteiger partial charge is 0.220 e. The molecule has 9 heteroatoms. The summed E-state index contributed by atoms with van der Waals surface area (Å²) in [5.41, 5.74) is 0. The third-order valence-corrected chi connectivity index (χ3v) is 18.6. The Kier molecular flexibility index (Phi) is 62.5. The Morgan fingerprint density at radius 3 is 0.929 bits per heavy atom. The van der Waals surface area contributed by atoms with Gasteiger partial charge in [-0.3, -0.25) is 4.79 Å². The fraction of sp³-hybridized carbons (Fsp3) is 0.960. The number of hydrogen-bond donors (Lipinski definition) is 6. The third kappa shape index (κ3) is 52.8. The molecule has 7 unspecified atom stereocenters. The van der Waals surface area contributed by atoms with Crippen LogP contribution in [0.4, 0.5) is 0 Å². The Hall–Kier alpha value is -1.07. The van der Waals surface area contributed by atoms with Crippen LogP contribution < -0.4 is 5.32 Å². The SMILES string of the molecule is CCCCCCCCCCCCCCCCCCCCCCCC/C=C/C(O)C(COC1OC(CO)C(O)C(O)C1O)NC(=O)CCCCCCCCCCCCCCCCCCCCCCCCCCCCCCCCCCCCCCC. The second-order valence-corrected chi connectivity index (χ2v) is 26.8. The van der Waals surface area contributed by atoms with Crippen LogP contribution in [-0.4, -0.2) is 87.5 Å². The molecule has 1 aliphatic rings. The normalized spacial score (nSPS) is 18.1. The summed E-state index contributed by atoms with van der Waals surface area (Å²) in [6.07, 6.45) is 77.8. The Morgan fingerprint density at radius 2 is 0.655 bits per heavy atom. The monoisotopic (exact) mass is 1190 g/mol. The molecule has 1 heterocycles. The van der Waals surface area contributed by atoms with E-state index in [1.807, 2.05) is 6.08 Å². The lowest BCUT2D eigenvalue weighted by atomic mass is 9.99. The van der Waals surface area contributed by atoms with Gasteiger partial charge < -0.3 is 40.3 Å². The second kappa shape index (κ2) is 64.9. The van der Waals surface area contributed by atoms with Gasteiger partial charge in [0.15, 0.2) is 6.29 Å². The highest BCUT2D eigenvalue weighted by Gasteiger charge is 2.44. The molecule has 0 bridgehead atoms. The average Bonchev–Trinajstić information content (AvgIpc) is 3.69. The van der Waals surface area contributed by atoms with Gasteiger partial charge in [-0.2, -0.15) is 0 Å². The molecule has 7 atom stereocenters. The van der Waals surface area contributed by atoms with Gasteiger partial charge in [-0.1, -0.05) is 392 Å². The number of aliphatic hydroxyl groups is 5. The summed E-state index contributed by atoms with van der Waals surface area (Å²) in [5.74, 6) is -0.166. The van der Waals surface area contributed by atoms with Gasteiger partial charge in [0.05, 0.1) is 25.4 Å². The summed E-state index contributed by atoms with van der Waals surface area (Å²) in [5, 5.41) is 54.8. The molecule has 1 amide bonds. The summed E-state index contributed by atoms with van der Waals surface area (Å²) in [6, 6.07) is -0.802. The molecule has 0 aromatic carbocycles. The van der Waals surface area contributed by atoms with Crippen molar-refractivity contribution in [1.29, 1.82) is 0 Å². The first-order valence-electron chi connectivity index (χ1n) is 37.9. The molecule has 0 radical (unpaired) electrons. The second-order valence-electron chi connectivity index (χ2n) is 26.8. The molecule has 1 rings (SSSR count). The van der Waals surface area contributed by atoms with E-state index in [1.54, 1.807) is 6.08 Å². The van der Waals surface area contributed by atoms with Crippen LogP contribution in [0.25, 0.3) is 0 Å². The summed E-state index contributed by atoms with van der Waals surface area (Å²) in [6.45, 7) is 3.85. The van der Waals surface area contributed by atoms with Crippen LogP contribution in [-0.2, 0) is 14.3 Å². The van der Waals surface area contributed by atoms with Crippen LogP contribution in [0.15, 0.2) is 12.2 Å². The zero-order valence-corrected chi connectivity index (χ0v) is 56.2. The lowest BCUT2D eigenvalue weighted by molar-refractivity contribution is -0.302. The van der Waals surface area contributed by atoms with Crippen molar-refractivity contribution in [3.05, 3.63) is 12.2 Å². The van der Waals surface area contributed by atoms with E-state index in [9.17, 15) is 30.3 Å². The van der Waals surface area contributed by atoms with Crippen LogP contribution in [0.3, 0.4) is 0 Å². The number of unbranched alkanes of at least 4 members (excludes halogenated alkanes) is 58. The number of carbonyl (C=O) groups is 1. The highest BCUT2D eigenvalue weighted by molar-refractivity contribution is 5.76. The fourth-order valence-electron chi connectivity index (χ4n) is 12.7. The summed E-state index contributed by atoms with van der Waals surface area (Å²) < 4.78 is 11.3. The molecular formula is C75H147NO8. The Morgan fingerprint density at radius 1 is 0.393 bits per heavy atom. The zero-order chi connectivity index (χ0) is 60.7. The van der Waals surface area contributed by atoms with Crippen LogP contribution in [0, 0.1) is 0 Å². The molecule has 1 fully saturated rings. The van der Waals surface area contributed by atoms with E-state index in [-0.39, 0.29) is 12.5 Å². The summed E-state index contributed by atoms with van der Waals surface area (Å²) in [4.78, 5) is 13.1. The quantitative estimate of drug-likeness (QED) is 0.0261. The van der Waals surface area contributed by atoms with E-state index >= 15 is 0 Å². The van der Waals surface area contributed by atoms with Crippen molar-refractivity contribution < 1.29 is 39.8 Å². The summed E-state index contributed by atoms with van der Waals surface area (Å²) in [7, 11) is 0. The van der Waals surface area contributed by atoms with Gasteiger partial charge >= 0.3 is 0 Å². The first-order chi connectivity index (χ1) is 41.3. The predicted molar refractivity (Wildman–Crippen MR) is 360 cm³/mol. The van der Waals surface area contributed by atoms with Crippen molar-refractivity contribution in [2.45, 2.75) is 448 Å². The Bertz CT molecular complexity index is 1330. The number of ether oxygens (including phenoxy) is 2. The van der Waals surface area contributed by atoms with Gasteiger partial charge in [0.25, 0.3) is 0 Å². The number of rotatable bonds is 68. The van der Waals surface area contributed by atoms with Gasteiger partial charge in [0.1, 0.15) is 24.4 Å². The maximum Gasteiger partial charge on any atom is 0.220 e. The topological polar surface area (TPSA) is 149 Å². The van der Waals surface area contributed by atoms with Gasteiger partial charge in [0.2, 0.25) is 5.91 Å². The Labute approximate surface area is 522 Å². The highest BCUT2D eigenvalue weighted by atomic mass is 16.7. The van der Waals surface area contributed by atoms with Gasteiger partial charge in [-0.15, -0.1) is 0 Å². The number of amides is 1. The number of carbonyl (C=O) groups excluding carboxylic acids is 1. The van der Waals surface area contributed by atoms with Crippen LogP contribution >= 0.6 is 0 Å².